The first kappa shape index (κ1) is 21.2. The van der Waals surface area contributed by atoms with Gasteiger partial charge in [-0.1, -0.05) is 25.1 Å². The predicted molar refractivity (Wildman–Crippen MR) is 114 cm³/mol. The summed E-state index contributed by atoms with van der Waals surface area (Å²) >= 11 is 5.44. The minimum Gasteiger partial charge on any atom is -0.491 e. The largest absolute Gasteiger partial charge is 0.491 e. The molecule has 0 spiro atoms. The van der Waals surface area contributed by atoms with E-state index in [2.05, 4.69) is 10.6 Å². The van der Waals surface area contributed by atoms with E-state index in [0.29, 0.717) is 10.0 Å². The molecule has 146 valence electrons. The quantitative estimate of drug-likeness (QED) is 0.668. The zero-order chi connectivity index (χ0) is 20.0. The summed E-state index contributed by atoms with van der Waals surface area (Å²) in [5, 5.41) is 6.95. The fourth-order valence-corrected chi connectivity index (χ4v) is 3.50. The highest BCUT2D eigenvalue weighted by Crippen LogP contribution is 2.21. The van der Waals surface area contributed by atoms with Gasteiger partial charge < -0.3 is 15.4 Å². The van der Waals surface area contributed by atoms with Crippen LogP contribution in [0.15, 0.2) is 53.4 Å². The van der Waals surface area contributed by atoms with Gasteiger partial charge in [-0.15, -0.1) is 0 Å². The topological polar surface area (TPSA) is 67.4 Å². The second kappa shape index (κ2) is 9.19. The Kier molecular flexibility index (Phi) is 7.21. The van der Waals surface area contributed by atoms with E-state index in [1.807, 2.05) is 57.2 Å². The number of thiocarbonyl (C=S) groups is 1. The Morgan fingerprint density at radius 1 is 1.15 bits per heavy atom. The number of sulfone groups is 1. The van der Waals surface area contributed by atoms with E-state index in [9.17, 15) is 8.42 Å². The molecule has 0 heterocycles. The van der Waals surface area contributed by atoms with Crippen molar-refractivity contribution in [3.05, 3.63) is 54.1 Å². The first-order valence-corrected chi connectivity index (χ1v) is 11.1. The van der Waals surface area contributed by atoms with Crippen LogP contribution in [0.5, 0.6) is 5.75 Å². The van der Waals surface area contributed by atoms with E-state index in [1.54, 1.807) is 12.1 Å². The molecule has 0 unspecified atom stereocenters. The van der Waals surface area contributed by atoms with E-state index >= 15 is 0 Å². The predicted octanol–water partition coefficient (Wildman–Crippen LogP) is 4.32. The molecule has 0 aliphatic rings. The molecule has 2 aromatic carbocycles. The first-order chi connectivity index (χ1) is 12.7. The molecule has 0 saturated carbocycles. The second-order valence-electron chi connectivity index (χ2n) is 6.59. The summed E-state index contributed by atoms with van der Waals surface area (Å²) in [5.74, 6) is 0.779. The average Bonchev–Trinajstić information content (AvgIpc) is 2.59. The zero-order valence-corrected chi connectivity index (χ0v) is 17.7. The van der Waals surface area contributed by atoms with Crippen molar-refractivity contribution < 1.29 is 13.2 Å². The normalized spacial score (nSPS) is 12.5. The maximum Gasteiger partial charge on any atom is 0.175 e. The van der Waals surface area contributed by atoms with Crippen molar-refractivity contribution in [1.82, 2.24) is 5.32 Å². The number of hydrogen-bond donors (Lipinski definition) is 2. The van der Waals surface area contributed by atoms with Crippen LogP contribution in [-0.4, -0.2) is 25.9 Å². The summed E-state index contributed by atoms with van der Waals surface area (Å²) in [6.45, 7) is 6.00. The van der Waals surface area contributed by atoms with Crippen LogP contribution < -0.4 is 15.4 Å². The van der Waals surface area contributed by atoms with Gasteiger partial charge in [0.25, 0.3) is 0 Å². The number of benzene rings is 2. The van der Waals surface area contributed by atoms with Crippen molar-refractivity contribution in [2.45, 2.75) is 44.2 Å². The van der Waals surface area contributed by atoms with Gasteiger partial charge in [-0.05, 0) is 62.3 Å². The lowest BCUT2D eigenvalue weighted by Crippen LogP contribution is -2.32. The van der Waals surface area contributed by atoms with Crippen LogP contribution >= 0.6 is 12.2 Å². The molecule has 0 saturated heterocycles. The third-order valence-electron chi connectivity index (χ3n) is 3.89. The van der Waals surface area contributed by atoms with Gasteiger partial charge in [0, 0.05) is 18.0 Å². The van der Waals surface area contributed by atoms with Gasteiger partial charge in [-0.25, -0.2) is 8.42 Å². The van der Waals surface area contributed by atoms with E-state index in [-0.39, 0.29) is 12.1 Å². The highest BCUT2D eigenvalue weighted by molar-refractivity contribution is 7.90. The molecule has 2 rings (SSSR count). The summed E-state index contributed by atoms with van der Waals surface area (Å²) < 4.78 is 28.9. The van der Waals surface area contributed by atoms with Gasteiger partial charge in [0.15, 0.2) is 14.9 Å². The molecule has 2 N–H and O–H groups in total. The van der Waals surface area contributed by atoms with Crippen molar-refractivity contribution in [1.29, 1.82) is 0 Å². The van der Waals surface area contributed by atoms with Crippen LogP contribution in [0.1, 0.15) is 38.8 Å². The van der Waals surface area contributed by atoms with Crippen molar-refractivity contribution >= 4 is 32.9 Å². The Morgan fingerprint density at radius 3 is 2.37 bits per heavy atom. The zero-order valence-electron chi connectivity index (χ0n) is 16.0. The van der Waals surface area contributed by atoms with Crippen LogP contribution in [0.4, 0.5) is 5.69 Å². The fraction of sp³-hybridized carbons (Fsp3) is 0.350. The molecule has 0 radical (unpaired) electrons. The van der Waals surface area contributed by atoms with Crippen LogP contribution in [0.25, 0.3) is 0 Å². The molecule has 2 aromatic rings. The molecule has 1 atom stereocenters. The van der Waals surface area contributed by atoms with Crippen LogP contribution in [0.3, 0.4) is 0 Å². The maximum absolute atomic E-state index is 11.6. The minimum atomic E-state index is -3.20. The van der Waals surface area contributed by atoms with E-state index in [0.717, 1.165) is 23.4 Å². The maximum atomic E-state index is 11.6. The number of ether oxygens (including phenoxy) is 1. The Hall–Kier alpha value is -2.12. The summed E-state index contributed by atoms with van der Waals surface area (Å²) in [6.07, 6.45) is 2.11. The Balaban J connectivity index is 2.05. The van der Waals surface area contributed by atoms with Crippen LogP contribution in [0, 0.1) is 0 Å². The number of anilines is 1. The lowest BCUT2D eigenvalue weighted by molar-refractivity contribution is 0.242. The SMILES string of the molecule is CC[C@@H](NC(=S)Nc1cccc(OC(C)C)c1)c1ccc(S(C)(=O)=O)cc1. The number of hydrogen-bond acceptors (Lipinski definition) is 4. The number of rotatable bonds is 7. The van der Waals surface area contributed by atoms with Gasteiger partial charge in [0.1, 0.15) is 5.75 Å². The van der Waals surface area contributed by atoms with E-state index in [1.165, 1.54) is 6.26 Å². The third-order valence-corrected chi connectivity index (χ3v) is 5.24. The monoisotopic (exact) mass is 406 g/mol. The fourth-order valence-electron chi connectivity index (χ4n) is 2.61. The van der Waals surface area contributed by atoms with Crippen molar-refractivity contribution in [3.63, 3.8) is 0 Å². The van der Waals surface area contributed by atoms with Gasteiger partial charge in [-0.3, -0.25) is 0 Å². The van der Waals surface area contributed by atoms with Crippen LogP contribution in [-0.2, 0) is 9.84 Å². The van der Waals surface area contributed by atoms with Gasteiger partial charge >= 0.3 is 0 Å². The minimum absolute atomic E-state index is 0.0197. The molecular weight excluding hydrogens is 380 g/mol. The van der Waals surface area contributed by atoms with Crippen molar-refractivity contribution in [2.75, 3.05) is 11.6 Å². The molecule has 0 aliphatic carbocycles. The summed E-state index contributed by atoms with van der Waals surface area (Å²) in [5.41, 5.74) is 1.82. The van der Waals surface area contributed by atoms with E-state index < -0.39 is 9.84 Å². The summed E-state index contributed by atoms with van der Waals surface area (Å²) in [4.78, 5) is 0.309. The van der Waals surface area contributed by atoms with E-state index in [4.69, 9.17) is 17.0 Å². The molecule has 27 heavy (non-hydrogen) atoms. The second-order valence-corrected chi connectivity index (χ2v) is 9.02. The van der Waals surface area contributed by atoms with Crippen LogP contribution in [0.2, 0.25) is 0 Å². The first-order valence-electron chi connectivity index (χ1n) is 8.83. The van der Waals surface area contributed by atoms with Crippen molar-refractivity contribution in [3.8, 4) is 5.75 Å². The number of nitrogens with one attached hydrogen (secondary N) is 2. The lowest BCUT2D eigenvalue weighted by atomic mass is 10.1. The Labute approximate surface area is 167 Å². The summed E-state index contributed by atoms with van der Waals surface area (Å²) in [6, 6.07) is 14.5. The molecule has 0 aromatic heterocycles. The molecule has 0 fully saturated rings. The molecule has 5 nitrogen and oxygen atoms in total. The molecule has 7 heteroatoms. The smallest absolute Gasteiger partial charge is 0.175 e. The third kappa shape index (κ3) is 6.52. The Morgan fingerprint density at radius 2 is 1.81 bits per heavy atom. The average molecular weight is 407 g/mol. The highest BCUT2D eigenvalue weighted by atomic mass is 32.2. The highest BCUT2D eigenvalue weighted by Gasteiger charge is 2.13. The van der Waals surface area contributed by atoms with Crippen molar-refractivity contribution in [2.24, 2.45) is 0 Å². The molecule has 0 aliphatic heterocycles. The molecule has 0 amide bonds. The Bertz CT molecular complexity index is 878. The van der Waals surface area contributed by atoms with Gasteiger partial charge in [0.2, 0.25) is 0 Å². The van der Waals surface area contributed by atoms with Gasteiger partial charge in [0.05, 0.1) is 17.0 Å². The molecule has 0 bridgehead atoms. The van der Waals surface area contributed by atoms with Gasteiger partial charge in [-0.2, -0.15) is 0 Å². The lowest BCUT2D eigenvalue weighted by Gasteiger charge is -2.20. The summed E-state index contributed by atoms with van der Waals surface area (Å²) in [7, 11) is -3.20. The standard InChI is InChI=1S/C20H26N2O3S2/c1-5-19(15-9-11-18(12-10-15)27(4,23)24)22-20(26)21-16-7-6-8-17(13-16)25-14(2)3/h6-14,19H,5H2,1-4H3,(H2,21,22,26)/t19-/m1/s1. The molecular formula is C20H26N2O3S2.